The van der Waals surface area contributed by atoms with Crippen molar-refractivity contribution in [3.8, 4) is 5.75 Å². The van der Waals surface area contributed by atoms with Gasteiger partial charge in [0.25, 0.3) is 0 Å². The summed E-state index contributed by atoms with van der Waals surface area (Å²) in [4.78, 5) is 21.9. The van der Waals surface area contributed by atoms with Gasteiger partial charge in [0.1, 0.15) is 23.7 Å². The van der Waals surface area contributed by atoms with E-state index in [4.69, 9.17) is 4.74 Å². The van der Waals surface area contributed by atoms with Gasteiger partial charge in [0.05, 0.1) is 7.11 Å². The van der Waals surface area contributed by atoms with E-state index in [1.807, 2.05) is 36.4 Å². The topological polar surface area (TPSA) is 79.3 Å². The molecule has 3 aromatic rings. The maximum Gasteiger partial charge on any atom is 0.225 e. The monoisotopic (exact) mass is 377 g/mol. The zero-order valence-corrected chi connectivity index (χ0v) is 15.8. The fraction of sp³-hybridized carbons (Fsp3) is 0.300. The van der Waals surface area contributed by atoms with Crippen molar-refractivity contribution >= 4 is 17.6 Å². The molecule has 3 heterocycles. The molecule has 1 saturated heterocycles. The van der Waals surface area contributed by atoms with Crippen LogP contribution in [0.4, 0.5) is 17.6 Å². The molecule has 0 aliphatic carbocycles. The number of piperazine rings is 1. The van der Waals surface area contributed by atoms with Gasteiger partial charge in [0.2, 0.25) is 5.95 Å². The SMILES string of the molecule is COc1ccc(CNc2cc(N3CCN(c4ncccn4)CC3)ncn2)cc1. The Bertz CT molecular complexity index is 881. The van der Waals surface area contributed by atoms with E-state index in [2.05, 4.69) is 35.1 Å². The van der Waals surface area contributed by atoms with Gasteiger partial charge in [0, 0.05) is 51.2 Å². The normalized spacial score (nSPS) is 14.0. The molecule has 4 rings (SSSR count). The minimum Gasteiger partial charge on any atom is -0.497 e. The molecule has 1 aromatic carbocycles. The summed E-state index contributed by atoms with van der Waals surface area (Å²) in [5.74, 6) is 3.38. The van der Waals surface area contributed by atoms with Crippen LogP contribution in [0.3, 0.4) is 0 Å². The van der Waals surface area contributed by atoms with Crippen molar-refractivity contribution in [1.29, 1.82) is 0 Å². The van der Waals surface area contributed by atoms with E-state index in [1.165, 1.54) is 0 Å². The molecule has 0 radical (unpaired) electrons. The van der Waals surface area contributed by atoms with Crippen LogP contribution in [0.15, 0.2) is 55.1 Å². The largest absolute Gasteiger partial charge is 0.497 e. The van der Waals surface area contributed by atoms with Crippen LogP contribution in [-0.4, -0.2) is 53.2 Å². The Labute approximate surface area is 164 Å². The molecule has 0 bridgehead atoms. The van der Waals surface area contributed by atoms with Gasteiger partial charge in [-0.15, -0.1) is 0 Å². The number of rotatable bonds is 6. The van der Waals surface area contributed by atoms with Gasteiger partial charge in [-0.2, -0.15) is 0 Å². The number of methoxy groups -OCH3 is 1. The van der Waals surface area contributed by atoms with Gasteiger partial charge in [-0.05, 0) is 23.8 Å². The molecule has 1 fully saturated rings. The highest BCUT2D eigenvalue weighted by atomic mass is 16.5. The molecule has 144 valence electrons. The van der Waals surface area contributed by atoms with Crippen molar-refractivity contribution in [3.05, 3.63) is 60.7 Å². The van der Waals surface area contributed by atoms with Gasteiger partial charge in [-0.3, -0.25) is 0 Å². The Morgan fingerprint density at radius 1 is 0.929 bits per heavy atom. The van der Waals surface area contributed by atoms with E-state index in [0.29, 0.717) is 6.54 Å². The van der Waals surface area contributed by atoms with Crippen molar-refractivity contribution in [2.75, 3.05) is 48.4 Å². The molecular formula is C20H23N7O. The summed E-state index contributed by atoms with van der Waals surface area (Å²) < 4.78 is 5.19. The molecule has 0 atom stereocenters. The van der Waals surface area contributed by atoms with Gasteiger partial charge >= 0.3 is 0 Å². The first-order valence-corrected chi connectivity index (χ1v) is 9.27. The van der Waals surface area contributed by atoms with Crippen molar-refractivity contribution in [3.63, 3.8) is 0 Å². The molecule has 0 amide bonds. The average molecular weight is 377 g/mol. The molecule has 8 heteroatoms. The van der Waals surface area contributed by atoms with Crippen LogP contribution in [0.25, 0.3) is 0 Å². The summed E-state index contributed by atoms with van der Waals surface area (Å²) >= 11 is 0. The third kappa shape index (κ3) is 4.28. The first-order chi connectivity index (χ1) is 13.8. The highest BCUT2D eigenvalue weighted by Gasteiger charge is 2.20. The zero-order valence-electron chi connectivity index (χ0n) is 15.8. The number of nitrogens with zero attached hydrogens (tertiary/aromatic N) is 6. The highest BCUT2D eigenvalue weighted by molar-refractivity contribution is 5.50. The number of anilines is 3. The Hall–Kier alpha value is -3.42. The number of hydrogen-bond acceptors (Lipinski definition) is 8. The van der Waals surface area contributed by atoms with Crippen LogP contribution in [-0.2, 0) is 6.54 Å². The van der Waals surface area contributed by atoms with Gasteiger partial charge in [-0.25, -0.2) is 19.9 Å². The second kappa shape index (κ2) is 8.51. The summed E-state index contributed by atoms with van der Waals surface area (Å²) in [5, 5.41) is 3.36. The van der Waals surface area contributed by atoms with Crippen LogP contribution in [0, 0.1) is 0 Å². The third-order valence-electron chi connectivity index (χ3n) is 4.72. The Balaban J connectivity index is 1.34. The maximum absolute atomic E-state index is 5.19. The van der Waals surface area contributed by atoms with Gasteiger partial charge in [0.15, 0.2) is 0 Å². The number of ether oxygens (including phenoxy) is 1. The first-order valence-electron chi connectivity index (χ1n) is 9.27. The quantitative estimate of drug-likeness (QED) is 0.700. The van der Waals surface area contributed by atoms with E-state index >= 15 is 0 Å². The molecule has 0 spiro atoms. The van der Waals surface area contributed by atoms with Crippen LogP contribution < -0.4 is 19.9 Å². The summed E-state index contributed by atoms with van der Waals surface area (Å²) in [6, 6.07) is 11.8. The lowest BCUT2D eigenvalue weighted by Gasteiger charge is -2.35. The minimum absolute atomic E-state index is 0.694. The molecular weight excluding hydrogens is 354 g/mol. The fourth-order valence-electron chi connectivity index (χ4n) is 3.14. The Kier molecular flexibility index (Phi) is 5.46. The average Bonchev–Trinajstić information content (AvgIpc) is 2.79. The van der Waals surface area contributed by atoms with Gasteiger partial charge < -0.3 is 19.9 Å². The van der Waals surface area contributed by atoms with Crippen LogP contribution in [0.1, 0.15) is 5.56 Å². The Morgan fingerprint density at radius 2 is 1.64 bits per heavy atom. The van der Waals surface area contributed by atoms with E-state index in [1.54, 1.807) is 25.8 Å². The first kappa shape index (κ1) is 18.0. The fourth-order valence-corrected chi connectivity index (χ4v) is 3.14. The smallest absolute Gasteiger partial charge is 0.225 e. The van der Waals surface area contributed by atoms with Gasteiger partial charge in [-0.1, -0.05) is 12.1 Å². The van der Waals surface area contributed by atoms with E-state index in [-0.39, 0.29) is 0 Å². The standard InChI is InChI=1S/C20H23N7O/c1-28-17-5-3-16(4-6-17)14-23-18-13-19(25-15-24-18)26-9-11-27(12-10-26)20-21-7-2-8-22-20/h2-8,13,15H,9-12,14H2,1H3,(H,23,24,25). The van der Waals surface area contributed by atoms with Crippen LogP contribution in [0.5, 0.6) is 5.75 Å². The second-order valence-electron chi connectivity index (χ2n) is 6.49. The number of hydrogen-bond donors (Lipinski definition) is 1. The van der Waals surface area contributed by atoms with Crippen LogP contribution in [0.2, 0.25) is 0 Å². The molecule has 1 aliphatic rings. The molecule has 1 aliphatic heterocycles. The van der Waals surface area contributed by atoms with Crippen molar-refractivity contribution in [2.24, 2.45) is 0 Å². The van der Waals surface area contributed by atoms with E-state index in [9.17, 15) is 0 Å². The molecule has 0 unspecified atom stereocenters. The molecule has 8 nitrogen and oxygen atoms in total. The molecule has 2 aromatic heterocycles. The lowest BCUT2D eigenvalue weighted by Crippen LogP contribution is -2.47. The van der Waals surface area contributed by atoms with E-state index in [0.717, 1.165) is 55.1 Å². The van der Waals surface area contributed by atoms with Crippen molar-refractivity contribution in [2.45, 2.75) is 6.54 Å². The summed E-state index contributed by atoms with van der Waals surface area (Å²) in [6.45, 7) is 4.16. The maximum atomic E-state index is 5.19. The summed E-state index contributed by atoms with van der Waals surface area (Å²) in [6.07, 6.45) is 5.16. The number of nitrogens with one attached hydrogen (secondary N) is 1. The molecule has 0 saturated carbocycles. The third-order valence-corrected chi connectivity index (χ3v) is 4.72. The van der Waals surface area contributed by atoms with Crippen LogP contribution >= 0.6 is 0 Å². The predicted octanol–water partition coefficient (Wildman–Crippen LogP) is 2.21. The minimum atomic E-state index is 0.694. The lowest BCUT2D eigenvalue weighted by atomic mass is 10.2. The highest BCUT2D eigenvalue weighted by Crippen LogP contribution is 2.19. The van der Waals surface area contributed by atoms with E-state index < -0.39 is 0 Å². The number of benzene rings is 1. The summed E-state index contributed by atoms with van der Waals surface area (Å²) in [7, 11) is 1.67. The molecule has 1 N–H and O–H groups in total. The zero-order chi connectivity index (χ0) is 19.2. The predicted molar refractivity (Wildman–Crippen MR) is 109 cm³/mol. The summed E-state index contributed by atoms with van der Waals surface area (Å²) in [5.41, 5.74) is 1.16. The van der Waals surface area contributed by atoms with Crippen molar-refractivity contribution in [1.82, 2.24) is 19.9 Å². The molecule has 28 heavy (non-hydrogen) atoms. The Morgan fingerprint density at radius 3 is 2.36 bits per heavy atom. The second-order valence-corrected chi connectivity index (χ2v) is 6.49. The van der Waals surface area contributed by atoms with Crippen molar-refractivity contribution < 1.29 is 4.74 Å². The number of aromatic nitrogens is 4. The lowest BCUT2D eigenvalue weighted by molar-refractivity contribution is 0.414.